The van der Waals surface area contributed by atoms with Gasteiger partial charge in [-0.3, -0.25) is 9.59 Å². The second-order valence-corrected chi connectivity index (χ2v) is 8.28. The highest BCUT2D eigenvalue weighted by Gasteiger charge is 2.44. The molecule has 29 heavy (non-hydrogen) atoms. The van der Waals surface area contributed by atoms with Crippen molar-refractivity contribution in [3.63, 3.8) is 0 Å². The Morgan fingerprint density at radius 1 is 1.21 bits per heavy atom. The zero-order valence-electron chi connectivity index (χ0n) is 17.7. The lowest BCUT2D eigenvalue weighted by Crippen LogP contribution is -2.30. The van der Waals surface area contributed by atoms with E-state index in [1.165, 1.54) is 11.6 Å². The maximum Gasteiger partial charge on any atom is 0.233 e. The first-order valence-corrected chi connectivity index (χ1v) is 10.5. The molecule has 0 bridgehead atoms. The molecule has 1 amide bonds. The van der Waals surface area contributed by atoms with Gasteiger partial charge in [0.15, 0.2) is 0 Å². The van der Waals surface area contributed by atoms with Crippen LogP contribution in [0, 0.1) is 18.7 Å². The normalized spacial score (nSPS) is 19.2. The summed E-state index contributed by atoms with van der Waals surface area (Å²) in [6.45, 7) is 9.14. The molecular weight excluding hydrogens is 365 g/mol. The van der Waals surface area contributed by atoms with Crippen molar-refractivity contribution in [3.8, 4) is 0 Å². The van der Waals surface area contributed by atoms with Gasteiger partial charge in [0.1, 0.15) is 17.5 Å². The number of hydrogen-bond acceptors (Lipinski definition) is 2. The maximum absolute atomic E-state index is 13.8. The first-order valence-electron chi connectivity index (χ1n) is 10.5. The van der Waals surface area contributed by atoms with E-state index in [-0.39, 0.29) is 29.8 Å². The first-order chi connectivity index (χ1) is 13.8. The number of carbonyl (C=O) groups excluding carboxylic acids is 2. The van der Waals surface area contributed by atoms with Gasteiger partial charge in [-0.25, -0.2) is 4.39 Å². The summed E-state index contributed by atoms with van der Waals surface area (Å²) in [4.78, 5) is 27.9. The van der Waals surface area contributed by atoms with Crippen molar-refractivity contribution in [3.05, 3.63) is 70.5 Å². The standard InChI is InChI=1S/C25H30FNO2/c1-5-27-15-21(20-10-6-9-19(14-20)16(2)3)24(25(27)29)23(28)13-12-18-8-7-11-22(26)17(18)4/h6-11,14,16,21,24H,5,12-13,15H2,1-4H3. The Bertz CT molecular complexity index is 905. The number of ketones is 1. The molecule has 0 N–H and O–H groups in total. The van der Waals surface area contributed by atoms with Gasteiger partial charge in [-0.2, -0.15) is 0 Å². The molecule has 0 aromatic heterocycles. The lowest BCUT2D eigenvalue weighted by molar-refractivity contribution is -0.136. The average molecular weight is 396 g/mol. The fourth-order valence-corrected chi connectivity index (χ4v) is 4.23. The van der Waals surface area contributed by atoms with E-state index < -0.39 is 5.92 Å². The highest BCUT2D eigenvalue weighted by atomic mass is 19.1. The van der Waals surface area contributed by atoms with Gasteiger partial charge in [0.25, 0.3) is 0 Å². The summed E-state index contributed by atoms with van der Waals surface area (Å²) in [6.07, 6.45) is 0.704. The number of likely N-dealkylation sites (N-methyl/N-ethyl adjacent to an activating group) is 1. The number of aryl methyl sites for hydroxylation is 1. The Morgan fingerprint density at radius 3 is 2.62 bits per heavy atom. The minimum atomic E-state index is -0.647. The molecule has 0 radical (unpaired) electrons. The zero-order valence-corrected chi connectivity index (χ0v) is 17.7. The number of nitrogens with zero attached hydrogens (tertiary/aromatic N) is 1. The highest BCUT2D eigenvalue weighted by molar-refractivity contribution is 6.04. The molecule has 4 heteroatoms. The summed E-state index contributed by atoms with van der Waals surface area (Å²) >= 11 is 0. The molecule has 2 aromatic rings. The molecule has 1 aliphatic rings. The van der Waals surface area contributed by atoms with Crippen molar-refractivity contribution in [2.45, 2.75) is 52.4 Å². The number of hydrogen-bond donors (Lipinski definition) is 0. The van der Waals surface area contributed by atoms with Crippen LogP contribution in [0.3, 0.4) is 0 Å². The van der Waals surface area contributed by atoms with E-state index in [1.54, 1.807) is 17.9 Å². The number of Topliss-reactive ketones (excluding diaryl/α,β-unsaturated/α-hetero) is 1. The summed E-state index contributed by atoms with van der Waals surface area (Å²) in [6, 6.07) is 13.2. The smallest absolute Gasteiger partial charge is 0.233 e. The van der Waals surface area contributed by atoms with Crippen molar-refractivity contribution in [2.75, 3.05) is 13.1 Å². The van der Waals surface area contributed by atoms with Crippen LogP contribution >= 0.6 is 0 Å². The van der Waals surface area contributed by atoms with Crippen LogP contribution in [0.25, 0.3) is 0 Å². The monoisotopic (exact) mass is 395 g/mol. The summed E-state index contributed by atoms with van der Waals surface area (Å²) < 4.78 is 13.8. The van der Waals surface area contributed by atoms with Gasteiger partial charge in [0.05, 0.1) is 0 Å². The molecule has 1 saturated heterocycles. The molecule has 1 heterocycles. The SMILES string of the molecule is CCN1CC(c2cccc(C(C)C)c2)C(C(=O)CCc2cccc(F)c2C)C1=O. The topological polar surface area (TPSA) is 37.4 Å². The fourth-order valence-electron chi connectivity index (χ4n) is 4.23. The van der Waals surface area contributed by atoms with Crippen molar-refractivity contribution in [1.82, 2.24) is 4.90 Å². The van der Waals surface area contributed by atoms with Gasteiger partial charge < -0.3 is 4.90 Å². The van der Waals surface area contributed by atoms with Crippen LogP contribution in [-0.4, -0.2) is 29.7 Å². The lowest BCUT2D eigenvalue weighted by atomic mass is 9.82. The van der Waals surface area contributed by atoms with E-state index in [4.69, 9.17) is 0 Å². The van der Waals surface area contributed by atoms with Crippen LogP contribution in [0.4, 0.5) is 4.39 Å². The second kappa shape index (κ2) is 8.89. The summed E-state index contributed by atoms with van der Waals surface area (Å²) in [5, 5.41) is 0. The van der Waals surface area contributed by atoms with Gasteiger partial charge in [0.2, 0.25) is 5.91 Å². The minimum Gasteiger partial charge on any atom is -0.342 e. The minimum absolute atomic E-state index is 0.0467. The predicted octanol–water partition coefficient (Wildman–Crippen LogP) is 5.02. The van der Waals surface area contributed by atoms with Gasteiger partial charge in [-0.1, -0.05) is 50.2 Å². The Balaban J connectivity index is 1.83. The van der Waals surface area contributed by atoms with Crippen molar-refractivity contribution < 1.29 is 14.0 Å². The van der Waals surface area contributed by atoms with Gasteiger partial charge in [-0.05, 0) is 54.5 Å². The van der Waals surface area contributed by atoms with Gasteiger partial charge in [-0.15, -0.1) is 0 Å². The second-order valence-electron chi connectivity index (χ2n) is 8.28. The number of likely N-dealkylation sites (tertiary alicyclic amines) is 1. The number of carbonyl (C=O) groups is 2. The third-order valence-electron chi connectivity index (χ3n) is 6.15. The average Bonchev–Trinajstić information content (AvgIpc) is 3.05. The molecule has 2 unspecified atom stereocenters. The van der Waals surface area contributed by atoms with E-state index >= 15 is 0 Å². The van der Waals surface area contributed by atoms with Crippen LogP contribution in [0.2, 0.25) is 0 Å². The van der Waals surface area contributed by atoms with Crippen LogP contribution < -0.4 is 0 Å². The van der Waals surface area contributed by atoms with Crippen LogP contribution in [0.1, 0.15) is 61.3 Å². The summed E-state index contributed by atoms with van der Waals surface area (Å²) in [5.41, 5.74) is 3.68. The molecular formula is C25H30FNO2. The highest BCUT2D eigenvalue weighted by Crippen LogP contribution is 2.36. The maximum atomic E-state index is 13.8. The molecule has 3 nitrogen and oxygen atoms in total. The molecule has 154 valence electrons. The van der Waals surface area contributed by atoms with Crippen molar-refractivity contribution in [2.24, 2.45) is 5.92 Å². The predicted molar refractivity (Wildman–Crippen MR) is 113 cm³/mol. The molecule has 2 aromatic carbocycles. The van der Waals surface area contributed by atoms with Crippen molar-refractivity contribution in [1.29, 1.82) is 0 Å². The molecule has 3 rings (SSSR count). The van der Waals surface area contributed by atoms with Gasteiger partial charge >= 0.3 is 0 Å². The Labute approximate surface area is 172 Å². The van der Waals surface area contributed by atoms with E-state index in [0.717, 1.165) is 11.1 Å². The van der Waals surface area contributed by atoms with E-state index in [2.05, 4.69) is 26.0 Å². The molecule has 0 aliphatic carbocycles. The molecule has 0 spiro atoms. The molecule has 1 fully saturated rings. The first kappa shape index (κ1) is 21.2. The molecule has 0 saturated carbocycles. The summed E-state index contributed by atoms with van der Waals surface area (Å²) in [5.74, 6) is -0.761. The van der Waals surface area contributed by atoms with Crippen LogP contribution in [-0.2, 0) is 16.0 Å². The quantitative estimate of drug-likeness (QED) is 0.617. The number of halogens is 1. The number of benzene rings is 2. The summed E-state index contributed by atoms with van der Waals surface area (Å²) in [7, 11) is 0. The Kier molecular flexibility index (Phi) is 6.51. The van der Waals surface area contributed by atoms with Crippen LogP contribution in [0.15, 0.2) is 42.5 Å². The zero-order chi connectivity index (χ0) is 21.1. The lowest BCUT2D eigenvalue weighted by Gasteiger charge is -2.18. The Hall–Kier alpha value is -2.49. The number of rotatable bonds is 7. The van der Waals surface area contributed by atoms with Crippen molar-refractivity contribution >= 4 is 11.7 Å². The Morgan fingerprint density at radius 2 is 1.93 bits per heavy atom. The van der Waals surface area contributed by atoms with E-state index in [0.29, 0.717) is 31.0 Å². The van der Waals surface area contributed by atoms with Gasteiger partial charge in [0, 0.05) is 25.4 Å². The third-order valence-corrected chi connectivity index (χ3v) is 6.15. The largest absolute Gasteiger partial charge is 0.342 e. The molecule has 2 atom stereocenters. The fraction of sp³-hybridized carbons (Fsp3) is 0.440. The van der Waals surface area contributed by atoms with E-state index in [9.17, 15) is 14.0 Å². The molecule has 1 aliphatic heterocycles. The van der Waals surface area contributed by atoms with Crippen LogP contribution in [0.5, 0.6) is 0 Å². The number of amides is 1. The third kappa shape index (κ3) is 4.42. The van der Waals surface area contributed by atoms with E-state index in [1.807, 2.05) is 25.1 Å².